The highest BCUT2D eigenvalue weighted by Gasteiger charge is 2.37. The van der Waals surface area contributed by atoms with Crippen molar-refractivity contribution in [2.75, 3.05) is 14.1 Å². The van der Waals surface area contributed by atoms with Crippen LogP contribution in [0.15, 0.2) is 54.0 Å². The Labute approximate surface area is 232 Å². The second-order valence-corrected chi connectivity index (χ2v) is 9.59. The largest absolute Gasteiger partial charge is 0.408 e. The van der Waals surface area contributed by atoms with Crippen molar-refractivity contribution in [3.05, 3.63) is 65.2 Å². The maximum atomic E-state index is 13.4. The Hall–Kier alpha value is -4.63. The third-order valence-electron chi connectivity index (χ3n) is 6.14. The van der Waals surface area contributed by atoms with E-state index in [4.69, 9.17) is 5.84 Å². The molecule has 0 bridgehead atoms. The maximum Gasteiger partial charge on any atom is 0.408 e. The number of alkyl halides is 3. The quantitative estimate of drug-likeness (QED) is 0.242. The molecule has 4 heterocycles. The summed E-state index contributed by atoms with van der Waals surface area (Å²) in [5.74, 6) is 4.20. The topological polar surface area (TPSA) is 142 Å². The predicted octanol–water partition coefficient (Wildman–Crippen LogP) is 2.33. The fourth-order valence-electron chi connectivity index (χ4n) is 4.19. The highest BCUT2D eigenvalue weighted by atomic mass is 19.4. The summed E-state index contributed by atoms with van der Waals surface area (Å²) in [5, 5.41) is 8.47. The van der Waals surface area contributed by atoms with Gasteiger partial charge in [-0.05, 0) is 25.5 Å². The zero-order chi connectivity index (χ0) is 30.1. The van der Waals surface area contributed by atoms with Crippen LogP contribution in [0.1, 0.15) is 12.5 Å². The molecule has 0 fully saturated rings. The van der Waals surface area contributed by atoms with Crippen molar-refractivity contribution in [3.63, 3.8) is 0 Å². The van der Waals surface area contributed by atoms with Gasteiger partial charge in [0.2, 0.25) is 5.91 Å². The number of amides is 1. The lowest BCUT2D eigenvalue weighted by atomic mass is 10.1. The van der Waals surface area contributed by atoms with Crippen molar-refractivity contribution in [1.82, 2.24) is 44.2 Å². The van der Waals surface area contributed by atoms with E-state index in [2.05, 4.69) is 20.1 Å². The molecule has 15 heteroatoms. The summed E-state index contributed by atoms with van der Waals surface area (Å²) in [4.78, 5) is 39.0. The van der Waals surface area contributed by atoms with E-state index in [0.29, 0.717) is 27.9 Å². The molecule has 0 radical (unpaired) electrons. The molecule has 5 rings (SSSR count). The maximum absolute atomic E-state index is 13.4. The lowest BCUT2D eigenvalue weighted by Crippen LogP contribution is -2.45. The normalized spacial score (nSPS) is 12.4. The Morgan fingerprint density at radius 2 is 1.80 bits per heavy atom. The van der Waals surface area contributed by atoms with Gasteiger partial charge in [-0.3, -0.25) is 34.9 Å². The van der Waals surface area contributed by atoms with Crippen LogP contribution in [0, 0.1) is 6.92 Å². The monoisotopic (exact) mass is 570 g/mol. The molecule has 4 aromatic heterocycles. The number of nitrogens with one attached hydrogen (secondary N) is 1. The number of nitrogens with two attached hydrogens (primary N) is 1. The smallest absolute Gasteiger partial charge is 0.343 e. The van der Waals surface area contributed by atoms with E-state index in [9.17, 15) is 22.8 Å². The molecule has 0 aliphatic heterocycles. The van der Waals surface area contributed by atoms with Gasteiger partial charge in [-0.2, -0.15) is 18.3 Å². The molecular formula is C26H29F3N10O2. The second kappa shape index (κ2) is 11.5. The van der Waals surface area contributed by atoms with Crippen LogP contribution in [-0.2, 0) is 18.4 Å². The van der Waals surface area contributed by atoms with Gasteiger partial charge in [-0.25, -0.2) is 14.3 Å². The summed E-state index contributed by atoms with van der Waals surface area (Å²) >= 11 is 0. The number of pyridine rings is 1. The SMILES string of the molecule is CN(C)N.Cc1cccc2c1n(-c1cnc(-c3cncc4c3cnn4C)cn1)c(=O)n2CC(=O)NC(C)C(F)(F)F. The number of benzene rings is 1. The van der Waals surface area contributed by atoms with Crippen molar-refractivity contribution in [2.45, 2.75) is 32.6 Å². The Morgan fingerprint density at radius 3 is 2.44 bits per heavy atom. The van der Waals surface area contributed by atoms with Crippen LogP contribution < -0.4 is 16.8 Å². The van der Waals surface area contributed by atoms with Crippen molar-refractivity contribution in [3.8, 4) is 17.1 Å². The summed E-state index contributed by atoms with van der Waals surface area (Å²) in [6.45, 7) is 2.03. The summed E-state index contributed by atoms with van der Waals surface area (Å²) in [6.07, 6.45) is 3.37. The van der Waals surface area contributed by atoms with Crippen molar-refractivity contribution in [2.24, 2.45) is 12.9 Å². The molecule has 0 saturated carbocycles. The average Bonchev–Trinajstić information content (AvgIpc) is 3.41. The summed E-state index contributed by atoms with van der Waals surface area (Å²) in [7, 11) is 5.36. The molecule has 3 N–H and O–H groups in total. The summed E-state index contributed by atoms with van der Waals surface area (Å²) in [5.41, 5.74) is 2.99. The Morgan fingerprint density at radius 1 is 1.10 bits per heavy atom. The van der Waals surface area contributed by atoms with E-state index in [-0.39, 0.29) is 5.82 Å². The Bertz CT molecular complexity index is 1750. The van der Waals surface area contributed by atoms with Crippen LogP contribution in [0.2, 0.25) is 0 Å². The van der Waals surface area contributed by atoms with Crippen LogP contribution in [0.3, 0.4) is 0 Å². The molecule has 216 valence electrons. The van der Waals surface area contributed by atoms with Gasteiger partial charge in [0.25, 0.3) is 0 Å². The zero-order valence-electron chi connectivity index (χ0n) is 23.0. The summed E-state index contributed by atoms with van der Waals surface area (Å²) < 4.78 is 42.8. The first-order valence-electron chi connectivity index (χ1n) is 12.4. The number of hydrogen-bond acceptors (Lipinski definition) is 8. The van der Waals surface area contributed by atoms with Gasteiger partial charge in [0, 0.05) is 38.3 Å². The number of imidazole rings is 1. The molecule has 0 aliphatic rings. The Kier molecular flexibility index (Phi) is 8.21. The predicted molar refractivity (Wildman–Crippen MR) is 147 cm³/mol. The van der Waals surface area contributed by atoms with Gasteiger partial charge in [0.05, 0.1) is 47.0 Å². The molecule has 41 heavy (non-hydrogen) atoms. The fraction of sp³-hybridized carbons (Fsp3) is 0.308. The van der Waals surface area contributed by atoms with E-state index >= 15 is 0 Å². The number of rotatable bonds is 5. The van der Waals surface area contributed by atoms with E-state index < -0.39 is 30.4 Å². The van der Waals surface area contributed by atoms with Gasteiger partial charge in [-0.15, -0.1) is 0 Å². The van der Waals surface area contributed by atoms with Crippen molar-refractivity contribution in [1.29, 1.82) is 0 Å². The highest BCUT2D eigenvalue weighted by molar-refractivity contribution is 5.92. The zero-order valence-corrected chi connectivity index (χ0v) is 23.0. The second-order valence-electron chi connectivity index (χ2n) is 9.59. The van der Waals surface area contributed by atoms with Crippen LogP contribution in [-0.4, -0.2) is 71.1 Å². The third-order valence-corrected chi connectivity index (χ3v) is 6.14. The lowest BCUT2D eigenvalue weighted by Gasteiger charge is -2.17. The van der Waals surface area contributed by atoms with Crippen molar-refractivity contribution < 1.29 is 18.0 Å². The number of hydrogen-bond donors (Lipinski definition) is 2. The number of carbonyl (C=O) groups excluding carboxylic acids is 1. The molecule has 5 aromatic rings. The molecule has 1 aromatic carbocycles. The van der Waals surface area contributed by atoms with E-state index in [1.54, 1.807) is 69.5 Å². The van der Waals surface area contributed by atoms with Gasteiger partial charge in [0.1, 0.15) is 12.6 Å². The fourth-order valence-corrected chi connectivity index (χ4v) is 4.19. The van der Waals surface area contributed by atoms with Gasteiger partial charge in [-0.1, -0.05) is 12.1 Å². The minimum Gasteiger partial charge on any atom is -0.343 e. The van der Waals surface area contributed by atoms with Crippen LogP contribution in [0.25, 0.3) is 39.0 Å². The first kappa shape index (κ1) is 29.4. The van der Waals surface area contributed by atoms with Crippen LogP contribution >= 0.6 is 0 Å². The number of nitrogens with zero attached hydrogens (tertiary/aromatic N) is 8. The van der Waals surface area contributed by atoms with Crippen molar-refractivity contribution >= 4 is 27.8 Å². The minimum absolute atomic E-state index is 0.196. The number of halogens is 3. The molecule has 1 atom stereocenters. The first-order chi connectivity index (χ1) is 19.3. The first-order valence-corrected chi connectivity index (χ1v) is 12.4. The number of carbonyl (C=O) groups is 1. The van der Waals surface area contributed by atoms with E-state index in [0.717, 1.165) is 22.4 Å². The molecular weight excluding hydrogens is 541 g/mol. The molecule has 12 nitrogen and oxygen atoms in total. The van der Waals surface area contributed by atoms with Gasteiger partial charge < -0.3 is 5.32 Å². The molecule has 1 unspecified atom stereocenters. The third kappa shape index (κ3) is 6.10. The number of hydrazine groups is 1. The molecule has 1 amide bonds. The number of fused-ring (bicyclic) bond motifs is 2. The lowest BCUT2D eigenvalue weighted by molar-refractivity contribution is -0.158. The number of aryl methyl sites for hydroxylation is 2. The Balaban J connectivity index is 0.000000909. The summed E-state index contributed by atoms with van der Waals surface area (Å²) in [6, 6.07) is 3.05. The van der Waals surface area contributed by atoms with E-state index in [1.807, 2.05) is 5.32 Å². The highest BCUT2D eigenvalue weighted by Crippen LogP contribution is 2.26. The number of para-hydroxylation sites is 1. The van der Waals surface area contributed by atoms with E-state index in [1.165, 1.54) is 22.0 Å². The standard InChI is InChI=1S/C24H21F3N8O2.C2H8N2/c1-13-5-4-6-18-22(13)35(23(37)34(18)12-21(36)32-14(2)24(25,26)27)20-11-29-17(9-30-20)15-7-28-10-19-16(15)8-31-33(19)3;1-4(2)3/h4-11,14H,12H2,1-3H3,(H,32,36);3H2,1-2H3. The van der Waals surface area contributed by atoms with Gasteiger partial charge >= 0.3 is 11.9 Å². The van der Waals surface area contributed by atoms with Crippen LogP contribution in [0.5, 0.6) is 0 Å². The number of aromatic nitrogens is 7. The minimum atomic E-state index is -4.60. The average molecular weight is 571 g/mol. The molecule has 0 aliphatic carbocycles. The molecule has 0 spiro atoms. The van der Waals surface area contributed by atoms with Crippen LogP contribution in [0.4, 0.5) is 13.2 Å². The van der Waals surface area contributed by atoms with Gasteiger partial charge in [0.15, 0.2) is 5.82 Å². The molecule has 0 saturated heterocycles.